The fraction of sp³-hybridized carbons (Fsp3) is 0.250. The molecule has 2 heterocycles. The molecule has 0 fully saturated rings. The molecule has 29 heavy (non-hydrogen) atoms. The quantitative estimate of drug-likeness (QED) is 0.467. The number of aryl methyl sites for hydroxylation is 2. The number of hydrogen-bond donors (Lipinski definition) is 0. The van der Waals surface area contributed by atoms with Crippen LogP contribution in [0.3, 0.4) is 0 Å². The van der Waals surface area contributed by atoms with E-state index in [0.29, 0.717) is 18.5 Å². The largest absolute Gasteiger partial charge is 0.492 e. The van der Waals surface area contributed by atoms with Gasteiger partial charge in [0.05, 0.1) is 18.3 Å². The van der Waals surface area contributed by atoms with Crippen LogP contribution in [0.5, 0.6) is 5.75 Å². The molecule has 5 heteroatoms. The van der Waals surface area contributed by atoms with Crippen LogP contribution in [0.25, 0.3) is 21.3 Å². The first-order valence-electron chi connectivity index (χ1n) is 10.1. The van der Waals surface area contributed by atoms with Crippen molar-refractivity contribution in [2.75, 3.05) is 6.61 Å². The summed E-state index contributed by atoms with van der Waals surface area (Å²) in [6.45, 7) is 0.894. The van der Waals surface area contributed by atoms with E-state index < -0.39 is 0 Å². The second-order valence-corrected chi connectivity index (χ2v) is 8.28. The molecule has 0 radical (unpaired) electrons. The average Bonchev–Trinajstić information content (AvgIpc) is 3.21. The highest BCUT2D eigenvalue weighted by molar-refractivity contribution is 7.17. The summed E-state index contributed by atoms with van der Waals surface area (Å²) in [5.74, 6) is 0.805. The standard InChI is InChI=1S/C24H22N2O2S/c27-24-22-21(19-11-10-17-6-4-5-7-18(17)14-19)15-29-23(22)25-16-26(24)12-13-28-20-8-2-1-3-9-20/h1-3,8-11,14-16H,4-7,12-13H2. The van der Waals surface area contributed by atoms with Crippen LogP contribution < -0.4 is 10.3 Å². The van der Waals surface area contributed by atoms with Gasteiger partial charge in [0.1, 0.15) is 17.2 Å². The minimum absolute atomic E-state index is 0.000586. The minimum Gasteiger partial charge on any atom is -0.492 e. The summed E-state index contributed by atoms with van der Waals surface area (Å²) in [6.07, 6.45) is 6.44. The number of benzene rings is 2. The van der Waals surface area contributed by atoms with Crippen molar-refractivity contribution in [2.45, 2.75) is 32.2 Å². The van der Waals surface area contributed by atoms with Crippen LogP contribution in [-0.2, 0) is 19.4 Å². The van der Waals surface area contributed by atoms with Gasteiger partial charge in [-0.15, -0.1) is 11.3 Å². The van der Waals surface area contributed by atoms with Crippen molar-refractivity contribution in [1.29, 1.82) is 0 Å². The third kappa shape index (κ3) is 3.58. The number of nitrogens with zero attached hydrogens (tertiary/aromatic N) is 2. The lowest BCUT2D eigenvalue weighted by Crippen LogP contribution is -2.23. The van der Waals surface area contributed by atoms with Gasteiger partial charge in [-0.1, -0.05) is 36.4 Å². The molecule has 1 aliphatic rings. The number of thiophene rings is 1. The fourth-order valence-electron chi connectivity index (χ4n) is 4.02. The molecule has 0 atom stereocenters. The SMILES string of the molecule is O=c1c2c(-c3ccc4c(c3)CCCC4)csc2ncn1CCOc1ccccc1. The van der Waals surface area contributed by atoms with Crippen molar-refractivity contribution in [3.05, 3.63) is 81.7 Å². The first-order chi connectivity index (χ1) is 14.3. The van der Waals surface area contributed by atoms with Gasteiger partial charge in [-0.05, 0) is 54.5 Å². The van der Waals surface area contributed by atoms with Crippen molar-refractivity contribution in [3.8, 4) is 16.9 Å². The Morgan fingerprint density at radius 2 is 1.86 bits per heavy atom. The van der Waals surface area contributed by atoms with Gasteiger partial charge < -0.3 is 4.74 Å². The molecule has 4 nitrogen and oxygen atoms in total. The smallest absolute Gasteiger partial charge is 0.262 e. The molecule has 0 amide bonds. The molecule has 4 aromatic rings. The zero-order chi connectivity index (χ0) is 19.6. The Kier molecular flexibility index (Phi) is 4.90. The van der Waals surface area contributed by atoms with Gasteiger partial charge in [0.2, 0.25) is 0 Å². The summed E-state index contributed by atoms with van der Waals surface area (Å²) in [5, 5.41) is 2.78. The predicted octanol–water partition coefficient (Wildman–Crippen LogP) is 5.08. The highest BCUT2D eigenvalue weighted by Crippen LogP contribution is 2.33. The Morgan fingerprint density at radius 3 is 2.72 bits per heavy atom. The first kappa shape index (κ1) is 18.1. The summed E-state index contributed by atoms with van der Waals surface area (Å²) < 4.78 is 7.40. The average molecular weight is 403 g/mol. The van der Waals surface area contributed by atoms with Gasteiger partial charge in [0.15, 0.2) is 0 Å². The zero-order valence-corrected chi connectivity index (χ0v) is 17.0. The van der Waals surface area contributed by atoms with Gasteiger partial charge in [-0.3, -0.25) is 9.36 Å². The Balaban J connectivity index is 1.45. The molecule has 0 spiro atoms. The van der Waals surface area contributed by atoms with Crippen molar-refractivity contribution in [3.63, 3.8) is 0 Å². The van der Waals surface area contributed by atoms with Gasteiger partial charge in [0, 0.05) is 10.9 Å². The predicted molar refractivity (Wildman–Crippen MR) is 118 cm³/mol. The third-order valence-electron chi connectivity index (χ3n) is 5.56. The molecule has 146 valence electrons. The molecule has 0 saturated carbocycles. The summed E-state index contributed by atoms with van der Waals surface area (Å²) in [4.78, 5) is 18.5. The lowest BCUT2D eigenvalue weighted by atomic mass is 9.89. The number of fused-ring (bicyclic) bond motifs is 2. The number of rotatable bonds is 5. The van der Waals surface area contributed by atoms with Crippen LogP contribution in [0, 0.1) is 0 Å². The van der Waals surface area contributed by atoms with Crippen LogP contribution in [0.15, 0.2) is 65.0 Å². The van der Waals surface area contributed by atoms with E-state index in [4.69, 9.17) is 4.74 Å². The van der Waals surface area contributed by atoms with E-state index in [-0.39, 0.29) is 5.56 Å². The fourth-order valence-corrected chi connectivity index (χ4v) is 4.93. The molecule has 0 saturated heterocycles. The van der Waals surface area contributed by atoms with Crippen LogP contribution in [0.1, 0.15) is 24.0 Å². The van der Waals surface area contributed by atoms with E-state index in [0.717, 1.165) is 34.5 Å². The number of aromatic nitrogens is 2. The number of hydrogen-bond acceptors (Lipinski definition) is 4. The molecule has 0 N–H and O–H groups in total. The Labute approximate surface area is 173 Å². The molecule has 0 unspecified atom stereocenters. The lowest BCUT2D eigenvalue weighted by molar-refractivity contribution is 0.296. The minimum atomic E-state index is 0.000586. The molecule has 0 aliphatic heterocycles. The second kappa shape index (κ2) is 7.84. The van der Waals surface area contributed by atoms with Crippen molar-refractivity contribution >= 4 is 21.6 Å². The zero-order valence-electron chi connectivity index (χ0n) is 16.1. The van der Waals surface area contributed by atoms with Crippen LogP contribution in [-0.4, -0.2) is 16.2 Å². The second-order valence-electron chi connectivity index (χ2n) is 7.42. The van der Waals surface area contributed by atoms with Crippen LogP contribution >= 0.6 is 11.3 Å². The normalized spacial score (nSPS) is 13.4. The maximum Gasteiger partial charge on any atom is 0.262 e. The molecule has 2 aromatic carbocycles. The van der Waals surface area contributed by atoms with Crippen molar-refractivity contribution in [2.24, 2.45) is 0 Å². The van der Waals surface area contributed by atoms with E-state index in [1.54, 1.807) is 10.9 Å². The summed E-state index contributed by atoms with van der Waals surface area (Å²) in [6, 6.07) is 16.3. The van der Waals surface area contributed by atoms with Crippen LogP contribution in [0.2, 0.25) is 0 Å². The van der Waals surface area contributed by atoms with E-state index in [9.17, 15) is 4.79 Å². The van der Waals surface area contributed by atoms with Gasteiger partial charge >= 0.3 is 0 Å². The molecular weight excluding hydrogens is 380 g/mol. The van der Waals surface area contributed by atoms with E-state index in [1.807, 2.05) is 30.3 Å². The maximum absolute atomic E-state index is 13.2. The Morgan fingerprint density at radius 1 is 1.03 bits per heavy atom. The van der Waals surface area contributed by atoms with Crippen molar-refractivity contribution < 1.29 is 4.74 Å². The molecule has 1 aliphatic carbocycles. The topological polar surface area (TPSA) is 44.1 Å². The number of para-hydroxylation sites is 1. The van der Waals surface area contributed by atoms with Crippen LogP contribution in [0.4, 0.5) is 0 Å². The van der Waals surface area contributed by atoms with Crippen molar-refractivity contribution in [1.82, 2.24) is 9.55 Å². The highest BCUT2D eigenvalue weighted by atomic mass is 32.1. The third-order valence-corrected chi connectivity index (χ3v) is 6.45. The first-order valence-corrected chi connectivity index (χ1v) is 10.9. The van der Waals surface area contributed by atoms with Gasteiger partial charge in [-0.25, -0.2) is 4.98 Å². The van der Waals surface area contributed by atoms with E-state index in [1.165, 1.54) is 35.3 Å². The summed E-state index contributed by atoms with van der Waals surface area (Å²) in [5.41, 5.74) is 4.99. The maximum atomic E-state index is 13.2. The molecule has 5 rings (SSSR count). The highest BCUT2D eigenvalue weighted by Gasteiger charge is 2.16. The van der Waals surface area contributed by atoms with Gasteiger partial charge in [-0.2, -0.15) is 0 Å². The van der Waals surface area contributed by atoms with Gasteiger partial charge in [0.25, 0.3) is 5.56 Å². The monoisotopic (exact) mass is 402 g/mol. The number of ether oxygens (including phenoxy) is 1. The lowest BCUT2D eigenvalue weighted by Gasteiger charge is -2.16. The van der Waals surface area contributed by atoms with E-state index >= 15 is 0 Å². The summed E-state index contributed by atoms with van der Waals surface area (Å²) >= 11 is 1.53. The van der Waals surface area contributed by atoms with E-state index in [2.05, 4.69) is 28.6 Å². The molecule has 0 bridgehead atoms. The molecular formula is C24H22N2O2S. The Bertz CT molecular complexity index is 1210. The summed E-state index contributed by atoms with van der Waals surface area (Å²) in [7, 11) is 0. The Hall–Kier alpha value is -2.92. The molecule has 2 aromatic heterocycles.